The fraction of sp³-hybridized carbons (Fsp3) is 0.370. The first-order chi connectivity index (χ1) is 17.3. The summed E-state index contributed by atoms with van der Waals surface area (Å²) in [6.07, 6.45) is 0.779. The van der Waals surface area contributed by atoms with Gasteiger partial charge in [-0.2, -0.15) is 5.26 Å². The molecule has 0 unspecified atom stereocenters. The summed E-state index contributed by atoms with van der Waals surface area (Å²) in [7, 11) is 5.57. The number of methoxy groups -OCH3 is 1. The van der Waals surface area contributed by atoms with Crippen LogP contribution in [0.3, 0.4) is 0 Å². The van der Waals surface area contributed by atoms with Crippen LogP contribution in [-0.2, 0) is 6.54 Å². The zero-order valence-corrected chi connectivity index (χ0v) is 21.6. The zero-order chi connectivity index (χ0) is 25.8. The number of aromatic nitrogens is 1. The largest absolute Gasteiger partial charge is 0.497 e. The summed E-state index contributed by atoms with van der Waals surface area (Å²) in [6.45, 7) is 3.29. The zero-order valence-electron chi connectivity index (χ0n) is 20.8. The summed E-state index contributed by atoms with van der Waals surface area (Å²) in [5.41, 5.74) is 1.77. The molecule has 36 heavy (non-hydrogen) atoms. The molecule has 9 heteroatoms. The highest BCUT2D eigenvalue weighted by atomic mass is 35.5. The molecule has 0 spiro atoms. The smallest absolute Gasteiger partial charge is 0.271 e. The van der Waals surface area contributed by atoms with Crippen LogP contribution in [0, 0.1) is 11.3 Å². The number of hydrogen-bond donors (Lipinski definition) is 0. The van der Waals surface area contributed by atoms with E-state index in [1.165, 1.54) is 0 Å². The van der Waals surface area contributed by atoms with E-state index >= 15 is 0 Å². The lowest BCUT2D eigenvalue weighted by molar-refractivity contribution is 0.0747. The number of carbonyl (C=O) groups is 1. The first-order valence-corrected chi connectivity index (χ1v) is 12.3. The van der Waals surface area contributed by atoms with E-state index in [4.69, 9.17) is 16.3 Å². The minimum atomic E-state index is -0.294. The quantitative estimate of drug-likeness (QED) is 0.487. The van der Waals surface area contributed by atoms with Crippen molar-refractivity contribution in [3.8, 4) is 11.8 Å². The van der Waals surface area contributed by atoms with Gasteiger partial charge in [0.1, 0.15) is 17.4 Å². The highest BCUT2D eigenvalue weighted by Gasteiger charge is 2.27. The van der Waals surface area contributed by atoms with Crippen molar-refractivity contribution in [2.24, 2.45) is 0 Å². The number of anilines is 1. The third kappa shape index (κ3) is 5.18. The Balaban J connectivity index is 1.64. The average molecular weight is 508 g/mol. The van der Waals surface area contributed by atoms with Gasteiger partial charge in [0.2, 0.25) is 0 Å². The molecule has 0 saturated carbocycles. The van der Waals surface area contributed by atoms with Crippen LogP contribution in [0.5, 0.6) is 5.75 Å². The summed E-state index contributed by atoms with van der Waals surface area (Å²) < 4.78 is 6.86. The number of carbonyl (C=O) groups excluding carboxylic acids is 1. The van der Waals surface area contributed by atoms with E-state index in [2.05, 4.69) is 11.0 Å². The third-order valence-corrected chi connectivity index (χ3v) is 6.75. The van der Waals surface area contributed by atoms with Crippen molar-refractivity contribution in [1.29, 1.82) is 5.26 Å². The predicted molar refractivity (Wildman–Crippen MR) is 142 cm³/mol. The predicted octanol–water partition coefficient (Wildman–Crippen LogP) is 3.45. The third-order valence-electron chi connectivity index (χ3n) is 6.52. The van der Waals surface area contributed by atoms with E-state index in [-0.39, 0.29) is 17.0 Å². The summed E-state index contributed by atoms with van der Waals surface area (Å²) in [4.78, 5) is 32.3. The molecule has 2 heterocycles. The minimum Gasteiger partial charge on any atom is -0.497 e. The summed E-state index contributed by atoms with van der Waals surface area (Å²) in [5.74, 6) is 0.643. The Morgan fingerprint density at radius 3 is 2.42 bits per heavy atom. The van der Waals surface area contributed by atoms with Crippen LogP contribution in [0.15, 0.2) is 47.3 Å². The van der Waals surface area contributed by atoms with Gasteiger partial charge in [0.15, 0.2) is 0 Å². The number of amides is 1. The van der Waals surface area contributed by atoms with Crippen molar-refractivity contribution in [3.05, 3.63) is 69.0 Å². The summed E-state index contributed by atoms with van der Waals surface area (Å²) in [5, 5.41) is 11.3. The highest BCUT2D eigenvalue weighted by molar-refractivity contribution is 6.31. The second-order valence-electron chi connectivity index (χ2n) is 9.12. The number of nitrogens with zero attached hydrogens (tertiary/aromatic N) is 5. The van der Waals surface area contributed by atoms with E-state index in [1.54, 1.807) is 46.9 Å². The van der Waals surface area contributed by atoms with Gasteiger partial charge in [0.05, 0.1) is 18.3 Å². The Morgan fingerprint density at radius 1 is 1.11 bits per heavy atom. The maximum Gasteiger partial charge on any atom is 0.271 e. The summed E-state index contributed by atoms with van der Waals surface area (Å²) in [6, 6.07) is 14.7. The number of pyridine rings is 1. The van der Waals surface area contributed by atoms with E-state index < -0.39 is 0 Å². The molecular weight excluding hydrogens is 478 g/mol. The molecule has 3 aromatic rings. The molecular formula is C27H30ClN5O3. The van der Waals surface area contributed by atoms with Crippen molar-refractivity contribution < 1.29 is 9.53 Å². The molecule has 0 bridgehead atoms. The number of rotatable bonds is 7. The Labute approximate surface area is 215 Å². The summed E-state index contributed by atoms with van der Waals surface area (Å²) >= 11 is 6.36. The average Bonchev–Trinajstić information content (AvgIpc) is 2.89. The number of hydrogen-bond acceptors (Lipinski definition) is 6. The molecule has 2 aromatic carbocycles. The van der Waals surface area contributed by atoms with Crippen LogP contribution in [0.1, 0.15) is 22.3 Å². The Hall–Kier alpha value is -3.54. The molecule has 0 atom stereocenters. The lowest BCUT2D eigenvalue weighted by Gasteiger charge is -2.37. The fourth-order valence-corrected chi connectivity index (χ4v) is 4.83. The van der Waals surface area contributed by atoms with Crippen molar-refractivity contribution in [2.75, 3.05) is 58.8 Å². The lowest BCUT2D eigenvalue weighted by atomic mass is 10.1. The number of aryl methyl sites for hydroxylation is 1. The van der Waals surface area contributed by atoms with Crippen LogP contribution in [0.4, 0.5) is 5.69 Å². The standard InChI is InChI=1S/C27H30ClN5O3/c1-30(2)11-4-12-33-24-10-7-20(28)17-22(24)25(23(18-29)27(33)35)31-13-15-32(16-14-31)26(34)19-5-8-21(36-3)9-6-19/h5-10,17H,4,11-16H2,1-3H3. The first kappa shape index (κ1) is 25.5. The van der Waals surface area contributed by atoms with Crippen LogP contribution in [0.2, 0.25) is 5.02 Å². The lowest BCUT2D eigenvalue weighted by Crippen LogP contribution is -2.49. The number of halogens is 1. The molecule has 1 amide bonds. The van der Waals surface area contributed by atoms with Crippen LogP contribution < -0.4 is 15.2 Å². The number of benzene rings is 2. The monoisotopic (exact) mass is 507 g/mol. The van der Waals surface area contributed by atoms with E-state index in [0.717, 1.165) is 23.9 Å². The molecule has 1 aliphatic rings. The molecule has 1 aliphatic heterocycles. The highest BCUT2D eigenvalue weighted by Crippen LogP contribution is 2.32. The molecule has 188 valence electrons. The van der Waals surface area contributed by atoms with Crippen LogP contribution in [-0.4, -0.2) is 74.2 Å². The molecule has 0 N–H and O–H groups in total. The molecule has 0 radical (unpaired) electrons. The number of ether oxygens (including phenoxy) is 1. The van der Waals surface area contributed by atoms with Crippen molar-refractivity contribution in [1.82, 2.24) is 14.4 Å². The van der Waals surface area contributed by atoms with E-state index in [9.17, 15) is 14.9 Å². The molecule has 1 aromatic heterocycles. The van der Waals surface area contributed by atoms with Crippen LogP contribution in [0.25, 0.3) is 10.9 Å². The topological polar surface area (TPSA) is 81.8 Å². The van der Waals surface area contributed by atoms with Gasteiger partial charge >= 0.3 is 0 Å². The molecule has 8 nitrogen and oxygen atoms in total. The van der Waals surface area contributed by atoms with Crippen molar-refractivity contribution >= 4 is 34.1 Å². The molecule has 4 rings (SSSR count). The van der Waals surface area contributed by atoms with Gasteiger partial charge < -0.3 is 24.0 Å². The molecule has 0 aliphatic carbocycles. The van der Waals surface area contributed by atoms with Gasteiger partial charge in [-0.15, -0.1) is 0 Å². The minimum absolute atomic E-state index is 0.0537. The number of nitriles is 1. The van der Waals surface area contributed by atoms with Gasteiger partial charge in [-0.25, -0.2) is 0 Å². The Kier molecular flexibility index (Phi) is 7.82. The normalized spacial score (nSPS) is 13.8. The van der Waals surface area contributed by atoms with Gasteiger partial charge in [-0.3, -0.25) is 9.59 Å². The van der Waals surface area contributed by atoms with E-state index in [1.807, 2.05) is 31.1 Å². The fourth-order valence-electron chi connectivity index (χ4n) is 4.66. The SMILES string of the molecule is COc1ccc(C(=O)N2CCN(c3c(C#N)c(=O)n(CCCN(C)C)c4ccc(Cl)cc34)CC2)cc1. The van der Waals surface area contributed by atoms with Gasteiger partial charge in [-0.1, -0.05) is 11.6 Å². The number of fused-ring (bicyclic) bond motifs is 1. The second-order valence-corrected chi connectivity index (χ2v) is 9.55. The van der Waals surface area contributed by atoms with Crippen molar-refractivity contribution in [2.45, 2.75) is 13.0 Å². The van der Waals surface area contributed by atoms with Crippen molar-refractivity contribution in [3.63, 3.8) is 0 Å². The maximum atomic E-state index is 13.4. The van der Waals surface area contributed by atoms with Gasteiger partial charge in [0.25, 0.3) is 11.5 Å². The van der Waals surface area contributed by atoms with Gasteiger partial charge in [-0.05, 0) is 69.5 Å². The Bertz CT molecular complexity index is 1350. The Morgan fingerprint density at radius 2 is 1.81 bits per heavy atom. The van der Waals surface area contributed by atoms with Gasteiger partial charge in [0, 0.05) is 48.7 Å². The van der Waals surface area contributed by atoms with E-state index in [0.29, 0.717) is 54.7 Å². The van der Waals surface area contributed by atoms with Crippen LogP contribution >= 0.6 is 11.6 Å². The second kappa shape index (κ2) is 11.0. The number of piperazine rings is 1. The molecule has 1 saturated heterocycles. The first-order valence-electron chi connectivity index (χ1n) is 11.9. The maximum absolute atomic E-state index is 13.4. The molecule has 1 fully saturated rings.